The molecule has 0 bridgehead atoms. The van der Waals surface area contributed by atoms with Crippen LogP contribution < -0.4 is 15.2 Å². The average Bonchev–Trinajstić information content (AvgIpc) is 2.40. The molecule has 2 N–H and O–H groups in total. The van der Waals surface area contributed by atoms with Crippen molar-refractivity contribution in [1.82, 2.24) is 0 Å². The van der Waals surface area contributed by atoms with Crippen molar-refractivity contribution in [2.75, 3.05) is 12.8 Å². The number of ether oxygens (including phenoxy) is 2. The number of hydrogen-bond acceptors (Lipinski definition) is 3. The van der Waals surface area contributed by atoms with Crippen LogP contribution in [-0.2, 0) is 6.61 Å². The number of hydrogen-bond donors (Lipinski definition) is 1. The molecule has 2 aromatic rings. The summed E-state index contributed by atoms with van der Waals surface area (Å²) in [6, 6.07) is 8.88. The molecule has 0 heterocycles. The van der Waals surface area contributed by atoms with Gasteiger partial charge in [-0.1, -0.05) is 18.2 Å². The van der Waals surface area contributed by atoms with Crippen molar-refractivity contribution in [3.05, 3.63) is 53.6 Å². The predicted octanol–water partition coefficient (Wildman–Crippen LogP) is 3.13. The zero-order valence-electron chi connectivity index (χ0n) is 10.3. The molecule has 2 aromatic carbocycles. The van der Waals surface area contributed by atoms with Crippen molar-refractivity contribution in [3.8, 4) is 11.5 Å². The lowest BCUT2D eigenvalue weighted by Crippen LogP contribution is -2.03. The molecule has 0 fully saturated rings. The summed E-state index contributed by atoms with van der Waals surface area (Å²) in [6.45, 7) is -0.131. The smallest absolute Gasteiger partial charge is 0.178 e. The summed E-state index contributed by atoms with van der Waals surface area (Å²) in [5.74, 6) is -1.07. The van der Waals surface area contributed by atoms with Crippen molar-refractivity contribution >= 4 is 5.69 Å². The summed E-state index contributed by atoms with van der Waals surface area (Å²) < 4.78 is 37.4. The zero-order chi connectivity index (χ0) is 13.8. The summed E-state index contributed by atoms with van der Waals surface area (Å²) in [7, 11) is 1.37. The Morgan fingerprint density at radius 1 is 1.11 bits per heavy atom. The molecule has 5 heteroatoms. The Morgan fingerprint density at radius 2 is 1.84 bits per heavy atom. The molecular weight excluding hydrogens is 252 g/mol. The molecule has 2 rings (SSSR count). The minimum atomic E-state index is -0.580. The summed E-state index contributed by atoms with van der Waals surface area (Å²) in [5, 5.41) is 0. The Balaban J connectivity index is 2.19. The molecule has 0 saturated heterocycles. The summed E-state index contributed by atoms with van der Waals surface area (Å²) in [6.07, 6.45) is 0. The number of para-hydroxylation sites is 1. The number of nitrogens with two attached hydrogens (primary N) is 1. The van der Waals surface area contributed by atoms with Gasteiger partial charge in [-0.05, 0) is 18.2 Å². The molecule has 0 aliphatic carbocycles. The highest BCUT2D eigenvalue weighted by atomic mass is 19.1. The van der Waals surface area contributed by atoms with Crippen LogP contribution in [-0.4, -0.2) is 7.11 Å². The SMILES string of the molecule is COc1cccc(COc2c(N)cccc2F)c1F. The van der Waals surface area contributed by atoms with Crippen LogP contribution in [0.1, 0.15) is 5.56 Å². The van der Waals surface area contributed by atoms with Gasteiger partial charge in [0, 0.05) is 5.56 Å². The van der Waals surface area contributed by atoms with Gasteiger partial charge >= 0.3 is 0 Å². The molecule has 19 heavy (non-hydrogen) atoms. The monoisotopic (exact) mass is 265 g/mol. The fourth-order valence-corrected chi connectivity index (χ4v) is 1.65. The Labute approximate surface area is 109 Å². The van der Waals surface area contributed by atoms with Crippen LogP contribution in [0.4, 0.5) is 14.5 Å². The van der Waals surface area contributed by atoms with Crippen molar-refractivity contribution < 1.29 is 18.3 Å². The number of halogens is 2. The fraction of sp³-hybridized carbons (Fsp3) is 0.143. The molecule has 100 valence electrons. The molecule has 3 nitrogen and oxygen atoms in total. The second-order valence-electron chi connectivity index (χ2n) is 3.88. The van der Waals surface area contributed by atoms with E-state index in [9.17, 15) is 8.78 Å². The van der Waals surface area contributed by atoms with Gasteiger partial charge in [-0.25, -0.2) is 8.78 Å². The first-order valence-electron chi connectivity index (χ1n) is 5.61. The van der Waals surface area contributed by atoms with Gasteiger partial charge in [-0.2, -0.15) is 0 Å². The highest BCUT2D eigenvalue weighted by Crippen LogP contribution is 2.27. The van der Waals surface area contributed by atoms with Crippen LogP contribution in [0.5, 0.6) is 11.5 Å². The Kier molecular flexibility index (Phi) is 3.85. The molecule has 0 spiro atoms. The van der Waals surface area contributed by atoms with E-state index in [1.807, 2.05) is 0 Å². The highest BCUT2D eigenvalue weighted by Gasteiger charge is 2.11. The van der Waals surface area contributed by atoms with E-state index in [0.717, 1.165) is 0 Å². The van der Waals surface area contributed by atoms with Crippen LogP contribution >= 0.6 is 0 Å². The van der Waals surface area contributed by atoms with Gasteiger partial charge in [0.05, 0.1) is 12.8 Å². The fourth-order valence-electron chi connectivity index (χ4n) is 1.65. The molecular formula is C14H13F2NO2. The third-order valence-corrected chi connectivity index (χ3v) is 2.63. The van der Waals surface area contributed by atoms with Crippen molar-refractivity contribution in [2.45, 2.75) is 6.61 Å². The van der Waals surface area contributed by atoms with Gasteiger partial charge < -0.3 is 15.2 Å². The Hall–Kier alpha value is -2.30. The third kappa shape index (κ3) is 2.76. The summed E-state index contributed by atoms with van der Waals surface area (Å²) >= 11 is 0. The summed E-state index contributed by atoms with van der Waals surface area (Å²) in [4.78, 5) is 0. The molecule has 0 atom stereocenters. The van der Waals surface area contributed by atoms with Crippen LogP contribution in [0.25, 0.3) is 0 Å². The normalized spacial score (nSPS) is 10.3. The van der Waals surface area contributed by atoms with Gasteiger partial charge in [0.2, 0.25) is 0 Å². The second kappa shape index (κ2) is 5.56. The first-order chi connectivity index (χ1) is 9.13. The van der Waals surface area contributed by atoms with Crippen molar-refractivity contribution in [2.24, 2.45) is 0 Å². The highest BCUT2D eigenvalue weighted by molar-refractivity contribution is 5.52. The maximum atomic E-state index is 13.8. The zero-order valence-corrected chi connectivity index (χ0v) is 10.3. The minimum absolute atomic E-state index is 0.0790. The Morgan fingerprint density at radius 3 is 2.53 bits per heavy atom. The molecule has 0 aliphatic heterocycles. The molecule has 0 unspecified atom stereocenters. The maximum absolute atomic E-state index is 13.8. The first kappa shape index (κ1) is 13.1. The number of methoxy groups -OCH3 is 1. The van der Waals surface area contributed by atoms with Crippen LogP contribution in [0, 0.1) is 11.6 Å². The Bertz CT molecular complexity index is 567. The van der Waals surface area contributed by atoms with Gasteiger partial charge in [-0.3, -0.25) is 0 Å². The maximum Gasteiger partial charge on any atom is 0.178 e. The van der Waals surface area contributed by atoms with Crippen LogP contribution in [0.15, 0.2) is 36.4 Å². The van der Waals surface area contributed by atoms with E-state index < -0.39 is 11.6 Å². The lowest BCUT2D eigenvalue weighted by atomic mass is 10.2. The molecule has 0 aliphatic rings. The van der Waals surface area contributed by atoms with E-state index in [2.05, 4.69) is 0 Å². The van der Waals surface area contributed by atoms with E-state index in [1.165, 1.54) is 37.4 Å². The lowest BCUT2D eigenvalue weighted by Gasteiger charge is -2.11. The number of nitrogen functional groups attached to an aromatic ring is 1. The molecule has 0 radical (unpaired) electrons. The number of anilines is 1. The second-order valence-corrected chi connectivity index (χ2v) is 3.88. The van der Waals surface area contributed by atoms with E-state index in [-0.39, 0.29) is 29.4 Å². The minimum Gasteiger partial charge on any atom is -0.494 e. The first-order valence-corrected chi connectivity index (χ1v) is 5.61. The van der Waals surface area contributed by atoms with Crippen molar-refractivity contribution in [1.29, 1.82) is 0 Å². The molecule has 0 saturated carbocycles. The van der Waals surface area contributed by atoms with Crippen molar-refractivity contribution in [3.63, 3.8) is 0 Å². The van der Waals surface area contributed by atoms with Crippen LogP contribution in [0.2, 0.25) is 0 Å². The van der Waals surface area contributed by atoms with Gasteiger partial charge in [0.25, 0.3) is 0 Å². The van der Waals surface area contributed by atoms with E-state index in [0.29, 0.717) is 0 Å². The quantitative estimate of drug-likeness (QED) is 0.864. The largest absolute Gasteiger partial charge is 0.494 e. The topological polar surface area (TPSA) is 44.5 Å². The van der Waals surface area contributed by atoms with Gasteiger partial charge in [0.1, 0.15) is 6.61 Å². The standard InChI is InChI=1S/C14H13F2NO2/c1-18-12-7-2-4-9(13(12)16)8-19-14-10(15)5-3-6-11(14)17/h2-7H,8,17H2,1H3. The van der Waals surface area contributed by atoms with Gasteiger partial charge in [0.15, 0.2) is 23.1 Å². The average molecular weight is 265 g/mol. The van der Waals surface area contributed by atoms with Gasteiger partial charge in [-0.15, -0.1) is 0 Å². The number of rotatable bonds is 4. The summed E-state index contributed by atoms with van der Waals surface area (Å²) in [5.41, 5.74) is 6.03. The lowest BCUT2D eigenvalue weighted by molar-refractivity contribution is 0.283. The number of benzene rings is 2. The predicted molar refractivity (Wildman–Crippen MR) is 68.1 cm³/mol. The third-order valence-electron chi connectivity index (χ3n) is 2.63. The van der Waals surface area contributed by atoms with Crippen LogP contribution in [0.3, 0.4) is 0 Å². The molecule has 0 aromatic heterocycles. The van der Waals surface area contributed by atoms with E-state index >= 15 is 0 Å². The molecule has 0 amide bonds. The van der Waals surface area contributed by atoms with E-state index in [1.54, 1.807) is 6.07 Å². The van der Waals surface area contributed by atoms with E-state index in [4.69, 9.17) is 15.2 Å².